The van der Waals surface area contributed by atoms with Crippen molar-refractivity contribution >= 4 is 23.3 Å². The molecule has 0 fully saturated rings. The Hall–Kier alpha value is -4.00. The zero-order valence-electron chi connectivity index (χ0n) is 16.5. The third-order valence-corrected chi connectivity index (χ3v) is 4.76. The van der Waals surface area contributed by atoms with Gasteiger partial charge in [-0.2, -0.15) is 5.10 Å². The van der Waals surface area contributed by atoms with Crippen LogP contribution in [0.3, 0.4) is 0 Å². The van der Waals surface area contributed by atoms with Gasteiger partial charge in [0.15, 0.2) is 0 Å². The van der Waals surface area contributed by atoms with Crippen molar-refractivity contribution in [1.82, 2.24) is 14.8 Å². The summed E-state index contributed by atoms with van der Waals surface area (Å²) < 4.78 is 1.62. The molecule has 0 spiro atoms. The number of aromatic nitrogens is 3. The highest BCUT2D eigenvalue weighted by Gasteiger charge is 2.13. The molecule has 0 saturated carbocycles. The van der Waals surface area contributed by atoms with Crippen LogP contribution in [0.15, 0.2) is 78.7 Å². The molecule has 0 unspecified atom stereocenters. The molecule has 0 atom stereocenters. The van der Waals surface area contributed by atoms with Crippen molar-refractivity contribution in [3.63, 3.8) is 0 Å². The highest BCUT2D eigenvalue weighted by atomic mass is 16.2. The van der Waals surface area contributed by atoms with Crippen LogP contribution in [-0.2, 0) is 11.8 Å². The van der Waals surface area contributed by atoms with Crippen LogP contribution in [0.1, 0.15) is 23.2 Å². The Morgan fingerprint density at radius 3 is 2.43 bits per heavy atom. The molecule has 7 heteroatoms. The molecule has 0 radical (unpaired) electrons. The summed E-state index contributed by atoms with van der Waals surface area (Å²) in [6.45, 7) is 0. The van der Waals surface area contributed by atoms with Gasteiger partial charge < -0.3 is 10.6 Å². The molecular weight excluding hydrogens is 378 g/mol. The maximum atomic E-state index is 12.4. The van der Waals surface area contributed by atoms with Gasteiger partial charge in [0.25, 0.3) is 11.8 Å². The Morgan fingerprint density at radius 2 is 1.73 bits per heavy atom. The second-order valence-corrected chi connectivity index (χ2v) is 6.90. The number of hydrogen-bond acceptors (Lipinski definition) is 4. The van der Waals surface area contributed by atoms with Gasteiger partial charge in [-0.15, -0.1) is 0 Å². The molecule has 30 heavy (non-hydrogen) atoms. The average Bonchev–Trinajstić information content (AvgIpc) is 3.15. The summed E-state index contributed by atoms with van der Waals surface area (Å²) in [6, 6.07) is 12.6. The number of carbonyl (C=O) groups is 2. The van der Waals surface area contributed by atoms with E-state index in [2.05, 4.69) is 20.7 Å². The molecule has 0 saturated heterocycles. The molecule has 150 valence electrons. The molecule has 3 aromatic rings. The Balaban J connectivity index is 1.45. The van der Waals surface area contributed by atoms with Crippen molar-refractivity contribution < 1.29 is 9.59 Å². The summed E-state index contributed by atoms with van der Waals surface area (Å²) >= 11 is 0. The van der Waals surface area contributed by atoms with Crippen LogP contribution >= 0.6 is 0 Å². The van der Waals surface area contributed by atoms with E-state index < -0.39 is 0 Å². The maximum absolute atomic E-state index is 12.4. The minimum atomic E-state index is -0.226. The monoisotopic (exact) mass is 399 g/mol. The molecule has 2 heterocycles. The number of aryl methyl sites for hydroxylation is 1. The lowest BCUT2D eigenvalue weighted by Gasteiger charge is -2.08. The Kier molecular flexibility index (Phi) is 5.52. The van der Waals surface area contributed by atoms with Crippen LogP contribution in [0.2, 0.25) is 0 Å². The molecule has 2 amide bonds. The second-order valence-electron chi connectivity index (χ2n) is 6.90. The van der Waals surface area contributed by atoms with Gasteiger partial charge >= 0.3 is 0 Å². The zero-order chi connectivity index (χ0) is 20.9. The quantitative estimate of drug-likeness (QED) is 0.680. The summed E-state index contributed by atoms with van der Waals surface area (Å²) in [5.41, 5.74) is 3.52. The van der Waals surface area contributed by atoms with E-state index >= 15 is 0 Å². The van der Waals surface area contributed by atoms with Crippen molar-refractivity contribution in [3.05, 3.63) is 84.2 Å². The van der Waals surface area contributed by atoms with Gasteiger partial charge in [-0.25, -0.2) is 0 Å². The van der Waals surface area contributed by atoms with Gasteiger partial charge in [0, 0.05) is 47.9 Å². The topological polar surface area (TPSA) is 88.9 Å². The molecule has 1 aromatic carbocycles. The number of amides is 2. The third-order valence-electron chi connectivity index (χ3n) is 4.76. The normalized spacial score (nSPS) is 12.9. The fourth-order valence-electron chi connectivity index (χ4n) is 3.13. The summed E-state index contributed by atoms with van der Waals surface area (Å²) in [5, 5.41) is 10.2. The van der Waals surface area contributed by atoms with E-state index in [0.717, 1.165) is 24.1 Å². The van der Waals surface area contributed by atoms with Crippen LogP contribution < -0.4 is 10.6 Å². The molecule has 1 aliphatic rings. The van der Waals surface area contributed by atoms with Crippen molar-refractivity contribution in [3.8, 4) is 11.3 Å². The van der Waals surface area contributed by atoms with Crippen LogP contribution in [0.25, 0.3) is 11.3 Å². The molecular formula is C23H21N5O2. The number of nitrogens with zero attached hydrogens (tertiary/aromatic N) is 3. The molecule has 0 aliphatic heterocycles. The lowest BCUT2D eigenvalue weighted by atomic mass is 10.1. The first-order valence-electron chi connectivity index (χ1n) is 9.64. The van der Waals surface area contributed by atoms with E-state index in [4.69, 9.17) is 0 Å². The highest BCUT2D eigenvalue weighted by molar-refractivity contribution is 6.06. The van der Waals surface area contributed by atoms with Crippen LogP contribution in [0.5, 0.6) is 0 Å². The zero-order valence-corrected chi connectivity index (χ0v) is 16.5. The Labute approximate surface area is 174 Å². The largest absolute Gasteiger partial charge is 0.322 e. The van der Waals surface area contributed by atoms with Crippen LogP contribution in [0.4, 0.5) is 11.5 Å². The summed E-state index contributed by atoms with van der Waals surface area (Å²) in [4.78, 5) is 28.6. The van der Waals surface area contributed by atoms with E-state index in [0.29, 0.717) is 22.6 Å². The number of rotatable bonds is 5. The predicted octanol–water partition coefficient (Wildman–Crippen LogP) is 3.95. The number of hydrogen-bond donors (Lipinski definition) is 2. The third kappa shape index (κ3) is 4.35. The number of allylic oxidation sites excluding steroid dienone is 2. The SMILES string of the molecule is Cn1nc(-c2ccc(NC(=O)C3=CCCC=C3)cc2)cc1NC(=O)c1ccncc1. The number of nitrogens with one attached hydrogen (secondary N) is 2. The summed E-state index contributed by atoms with van der Waals surface area (Å²) in [7, 11) is 1.77. The van der Waals surface area contributed by atoms with Gasteiger partial charge in [-0.05, 0) is 37.1 Å². The van der Waals surface area contributed by atoms with E-state index in [1.807, 2.05) is 48.6 Å². The predicted molar refractivity (Wildman–Crippen MR) is 116 cm³/mol. The van der Waals surface area contributed by atoms with Gasteiger partial charge in [-0.1, -0.05) is 30.4 Å². The number of benzene rings is 1. The maximum Gasteiger partial charge on any atom is 0.256 e. The second kappa shape index (κ2) is 8.57. The van der Waals surface area contributed by atoms with Crippen molar-refractivity contribution in [2.45, 2.75) is 12.8 Å². The lowest BCUT2D eigenvalue weighted by Crippen LogP contribution is -2.14. The number of anilines is 2. The summed E-state index contributed by atoms with van der Waals surface area (Å²) in [5.74, 6) is 0.244. The molecule has 0 bridgehead atoms. The average molecular weight is 399 g/mol. The molecule has 2 aromatic heterocycles. The molecule has 4 rings (SSSR count). The van der Waals surface area contributed by atoms with Crippen LogP contribution in [0, 0.1) is 0 Å². The first kappa shape index (κ1) is 19.3. The van der Waals surface area contributed by atoms with E-state index in [1.54, 1.807) is 36.3 Å². The Bertz CT molecular complexity index is 1130. The fourth-order valence-corrected chi connectivity index (χ4v) is 3.13. The van der Waals surface area contributed by atoms with E-state index in [9.17, 15) is 9.59 Å². The van der Waals surface area contributed by atoms with Crippen LogP contribution in [-0.4, -0.2) is 26.6 Å². The standard InChI is InChI=1S/C23H21N5O2/c1-28-21(26-23(30)18-11-13-24-14-12-18)15-20(27-28)16-7-9-19(10-8-16)25-22(29)17-5-3-2-4-6-17/h3,5-15H,2,4H2,1H3,(H,25,29)(H,26,30). The Morgan fingerprint density at radius 1 is 0.967 bits per heavy atom. The number of pyridine rings is 1. The van der Waals surface area contributed by atoms with Crippen molar-refractivity contribution in [2.75, 3.05) is 10.6 Å². The van der Waals surface area contributed by atoms with Gasteiger partial charge in [0.05, 0.1) is 5.69 Å². The first-order chi connectivity index (χ1) is 14.6. The smallest absolute Gasteiger partial charge is 0.256 e. The summed E-state index contributed by atoms with van der Waals surface area (Å²) in [6.07, 6.45) is 10.8. The van der Waals surface area contributed by atoms with Gasteiger partial charge in [0.2, 0.25) is 0 Å². The first-order valence-corrected chi connectivity index (χ1v) is 9.64. The highest BCUT2D eigenvalue weighted by Crippen LogP contribution is 2.24. The lowest BCUT2D eigenvalue weighted by molar-refractivity contribution is -0.112. The minimum absolute atomic E-state index is 0.113. The van der Waals surface area contributed by atoms with Gasteiger partial charge in [-0.3, -0.25) is 19.3 Å². The molecule has 2 N–H and O–H groups in total. The van der Waals surface area contributed by atoms with E-state index in [1.165, 1.54) is 0 Å². The molecule has 1 aliphatic carbocycles. The van der Waals surface area contributed by atoms with E-state index in [-0.39, 0.29) is 11.8 Å². The van der Waals surface area contributed by atoms with Crippen molar-refractivity contribution in [1.29, 1.82) is 0 Å². The number of carbonyl (C=O) groups excluding carboxylic acids is 2. The minimum Gasteiger partial charge on any atom is -0.322 e. The molecule has 7 nitrogen and oxygen atoms in total. The van der Waals surface area contributed by atoms with Gasteiger partial charge in [0.1, 0.15) is 5.82 Å². The van der Waals surface area contributed by atoms with Crippen molar-refractivity contribution in [2.24, 2.45) is 7.05 Å². The fraction of sp³-hybridized carbons (Fsp3) is 0.130.